The number of benzene rings is 2. The zero-order valence-corrected chi connectivity index (χ0v) is 21.6. The zero-order chi connectivity index (χ0) is 25.2. The van der Waals surface area contributed by atoms with Crippen molar-refractivity contribution >= 4 is 11.6 Å². The molecule has 1 aliphatic rings. The van der Waals surface area contributed by atoms with E-state index in [0.717, 1.165) is 29.7 Å². The lowest BCUT2D eigenvalue weighted by atomic mass is 9.91. The van der Waals surface area contributed by atoms with E-state index in [1.807, 2.05) is 13.0 Å². The molecule has 1 heterocycles. The van der Waals surface area contributed by atoms with Gasteiger partial charge in [0.25, 0.3) is 0 Å². The van der Waals surface area contributed by atoms with Crippen molar-refractivity contribution in [1.29, 1.82) is 0 Å². The van der Waals surface area contributed by atoms with Gasteiger partial charge in [-0.05, 0) is 77.8 Å². The Morgan fingerprint density at radius 2 is 1.71 bits per heavy atom. The van der Waals surface area contributed by atoms with E-state index in [1.165, 1.54) is 19.4 Å². The van der Waals surface area contributed by atoms with Crippen molar-refractivity contribution in [3.05, 3.63) is 58.7 Å². The van der Waals surface area contributed by atoms with Gasteiger partial charge in [0.1, 0.15) is 0 Å². The molecule has 6 heteroatoms. The maximum absolute atomic E-state index is 12.1. The Hall–Kier alpha value is -2.70. The minimum atomic E-state index is -0.924. The molecule has 6 nitrogen and oxygen atoms in total. The maximum Gasteiger partial charge on any atom is 0.200 e. The van der Waals surface area contributed by atoms with Gasteiger partial charge in [0.15, 0.2) is 23.1 Å². The van der Waals surface area contributed by atoms with Gasteiger partial charge in [0.05, 0.1) is 6.10 Å². The molecule has 0 N–H and O–H groups in total. The molecule has 3 rings (SSSR count). The second kappa shape index (κ2) is 10.3. The molecule has 0 saturated heterocycles. The average molecular weight is 468 g/mol. The number of rotatable bonds is 9. The number of ketones is 2. The number of likely N-dealkylation sites (N-methyl/N-ethyl adjacent to an activating group) is 1. The predicted molar refractivity (Wildman–Crippen MR) is 133 cm³/mol. The summed E-state index contributed by atoms with van der Waals surface area (Å²) in [5.41, 5.74) is 4.15. The van der Waals surface area contributed by atoms with Crippen LogP contribution in [-0.2, 0) is 20.7 Å². The quantitative estimate of drug-likeness (QED) is 0.536. The van der Waals surface area contributed by atoms with E-state index < -0.39 is 12.2 Å². The molecule has 184 valence electrons. The molecular formula is C28H37NO5. The van der Waals surface area contributed by atoms with Gasteiger partial charge in [-0.2, -0.15) is 0 Å². The SMILES string of the molecule is COC(CN(C)C(C)(C)Cc1cc(C)c2c(c1)OC(C(C)=O)C(C(C)=O)O2)c1cccc(C)c1. The molecule has 3 unspecified atom stereocenters. The highest BCUT2D eigenvalue weighted by molar-refractivity contribution is 5.92. The Morgan fingerprint density at radius 3 is 2.29 bits per heavy atom. The van der Waals surface area contributed by atoms with Gasteiger partial charge in [0.2, 0.25) is 12.2 Å². The van der Waals surface area contributed by atoms with Crippen molar-refractivity contribution in [1.82, 2.24) is 4.90 Å². The second-order valence-electron chi connectivity index (χ2n) is 10.0. The molecule has 2 aromatic carbocycles. The van der Waals surface area contributed by atoms with Crippen LogP contribution < -0.4 is 9.47 Å². The first-order chi connectivity index (χ1) is 15.9. The van der Waals surface area contributed by atoms with Crippen LogP contribution in [-0.4, -0.2) is 54.9 Å². The standard InChI is InChI=1S/C28H37NO5/c1-17-10-9-11-22(12-17)24(32-8)16-29(7)28(5,6)15-21-13-18(2)25-23(14-21)33-26(19(3)30)27(34-25)20(4)31/h9-14,24,26-27H,15-16H2,1-8H3. The van der Waals surface area contributed by atoms with Crippen LogP contribution in [0.3, 0.4) is 0 Å². The van der Waals surface area contributed by atoms with E-state index in [4.69, 9.17) is 14.2 Å². The highest BCUT2D eigenvalue weighted by Gasteiger charge is 2.39. The first-order valence-electron chi connectivity index (χ1n) is 11.7. The fourth-order valence-corrected chi connectivity index (χ4v) is 4.45. The molecular weight excluding hydrogens is 430 g/mol. The molecule has 0 spiro atoms. The fourth-order valence-electron chi connectivity index (χ4n) is 4.45. The summed E-state index contributed by atoms with van der Waals surface area (Å²) in [5, 5.41) is 0. The van der Waals surface area contributed by atoms with E-state index in [1.54, 1.807) is 7.11 Å². The third-order valence-electron chi connectivity index (χ3n) is 6.68. The van der Waals surface area contributed by atoms with Crippen LogP contribution in [0.5, 0.6) is 11.5 Å². The topological polar surface area (TPSA) is 65.1 Å². The van der Waals surface area contributed by atoms with E-state index in [9.17, 15) is 9.59 Å². The van der Waals surface area contributed by atoms with Gasteiger partial charge >= 0.3 is 0 Å². The smallest absolute Gasteiger partial charge is 0.200 e. The van der Waals surface area contributed by atoms with Crippen LogP contribution in [0.4, 0.5) is 0 Å². The van der Waals surface area contributed by atoms with Crippen LogP contribution in [0.25, 0.3) is 0 Å². The Kier molecular flexibility index (Phi) is 7.84. The molecule has 0 fully saturated rings. The zero-order valence-electron chi connectivity index (χ0n) is 21.6. The lowest BCUT2D eigenvalue weighted by Gasteiger charge is -2.38. The average Bonchev–Trinajstić information content (AvgIpc) is 2.75. The highest BCUT2D eigenvalue weighted by Crippen LogP contribution is 2.39. The van der Waals surface area contributed by atoms with Crippen molar-refractivity contribution in [3.8, 4) is 11.5 Å². The summed E-state index contributed by atoms with van der Waals surface area (Å²) in [6, 6.07) is 12.4. The van der Waals surface area contributed by atoms with E-state index in [-0.39, 0.29) is 23.2 Å². The molecule has 3 atom stereocenters. The highest BCUT2D eigenvalue weighted by atomic mass is 16.6. The first-order valence-corrected chi connectivity index (χ1v) is 11.7. The van der Waals surface area contributed by atoms with Crippen LogP contribution >= 0.6 is 0 Å². The van der Waals surface area contributed by atoms with Crippen LogP contribution in [0.1, 0.15) is 56.1 Å². The molecule has 1 aliphatic heterocycles. The lowest BCUT2D eigenvalue weighted by Crippen LogP contribution is -2.48. The van der Waals surface area contributed by atoms with Crippen LogP contribution in [0.2, 0.25) is 0 Å². The third-order valence-corrected chi connectivity index (χ3v) is 6.68. The Morgan fingerprint density at radius 1 is 1.06 bits per heavy atom. The predicted octanol–water partition coefficient (Wildman–Crippen LogP) is 4.63. The summed E-state index contributed by atoms with van der Waals surface area (Å²) in [5.74, 6) is 0.598. The van der Waals surface area contributed by atoms with Gasteiger partial charge in [-0.15, -0.1) is 0 Å². The summed E-state index contributed by atoms with van der Waals surface area (Å²) >= 11 is 0. The summed E-state index contributed by atoms with van der Waals surface area (Å²) in [7, 11) is 3.85. The van der Waals surface area contributed by atoms with Gasteiger partial charge in [-0.25, -0.2) is 0 Å². The van der Waals surface area contributed by atoms with Gasteiger partial charge in [0, 0.05) is 19.2 Å². The maximum atomic E-state index is 12.1. The second-order valence-corrected chi connectivity index (χ2v) is 10.0. The van der Waals surface area contributed by atoms with Crippen molar-refractivity contribution in [2.45, 2.75) is 71.8 Å². The van der Waals surface area contributed by atoms with Crippen molar-refractivity contribution in [2.24, 2.45) is 0 Å². The summed E-state index contributed by atoms with van der Waals surface area (Å²) < 4.78 is 17.7. The number of hydrogen-bond acceptors (Lipinski definition) is 6. The number of Topliss-reactive ketones (excluding diaryl/α,β-unsaturated/α-hetero) is 2. The molecule has 0 radical (unpaired) electrons. The number of fused-ring (bicyclic) bond motifs is 1. The number of hydrogen-bond donors (Lipinski definition) is 0. The fraction of sp³-hybridized carbons (Fsp3) is 0.500. The number of nitrogens with zero attached hydrogens (tertiary/aromatic N) is 1. The van der Waals surface area contributed by atoms with Crippen molar-refractivity contribution < 1.29 is 23.8 Å². The largest absolute Gasteiger partial charge is 0.474 e. The van der Waals surface area contributed by atoms with Gasteiger partial charge in [-0.3, -0.25) is 14.5 Å². The Balaban J connectivity index is 1.80. The number of ether oxygens (including phenoxy) is 3. The molecule has 0 amide bonds. The number of carbonyl (C=O) groups is 2. The normalized spacial score (nSPS) is 18.6. The van der Waals surface area contributed by atoms with Crippen LogP contribution in [0.15, 0.2) is 36.4 Å². The first kappa shape index (κ1) is 25.9. The molecule has 0 aromatic heterocycles. The molecule has 0 aliphatic carbocycles. The van der Waals surface area contributed by atoms with Crippen LogP contribution in [0, 0.1) is 13.8 Å². The molecule has 34 heavy (non-hydrogen) atoms. The third kappa shape index (κ3) is 5.68. The summed E-state index contributed by atoms with van der Waals surface area (Å²) in [4.78, 5) is 26.4. The van der Waals surface area contributed by atoms with Gasteiger partial charge < -0.3 is 14.2 Å². The van der Waals surface area contributed by atoms with Crippen molar-refractivity contribution in [3.63, 3.8) is 0 Å². The van der Waals surface area contributed by atoms with E-state index in [2.05, 4.69) is 63.1 Å². The number of carbonyl (C=O) groups excluding carboxylic acids is 2. The van der Waals surface area contributed by atoms with E-state index in [0.29, 0.717) is 11.5 Å². The molecule has 2 aromatic rings. The number of methoxy groups -OCH3 is 1. The monoisotopic (exact) mass is 467 g/mol. The van der Waals surface area contributed by atoms with Gasteiger partial charge in [-0.1, -0.05) is 35.9 Å². The van der Waals surface area contributed by atoms with E-state index >= 15 is 0 Å². The Bertz CT molecular complexity index is 1060. The minimum Gasteiger partial charge on any atom is -0.474 e. The summed E-state index contributed by atoms with van der Waals surface area (Å²) in [6.45, 7) is 12.0. The molecule has 0 bridgehead atoms. The lowest BCUT2D eigenvalue weighted by molar-refractivity contribution is -0.139. The summed E-state index contributed by atoms with van der Waals surface area (Å²) in [6.07, 6.45) is -1.12. The number of aryl methyl sites for hydroxylation is 2. The van der Waals surface area contributed by atoms with Crippen molar-refractivity contribution in [2.75, 3.05) is 20.7 Å². The molecule has 0 saturated carbocycles. The minimum absolute atomic E-state index is 0.0361. The Labute approximate surface area is 203 Å².